The molecular weight excluding hydrogens is 251 g/mol. The predicted molar refractivity (Wildman–Crippen MR) is 67.0 cm³/mol. The molecule has 1 N–H and O–H groups in total. The first-order valence-electron chi connectivity index (χ1n) is 5.78. The Labute approximate surface area is 108 Å². The van der Waals surface area contributed by atoms with Crippen molar-refractivity contribution < 1.29 is 13.9 Å². The zero-order valence-electron chi connectivity index (χ0n) is 10.6. The Bertz CT molecular complexity index is 673. The average Bonchev–Trinajstić information content (AvgIpc) is 2.72. The van der Waals surface area contributed by atoms with Crippen LogP contribution in [0.3, 0.4) is 0 Å². The number of halogens is 1. The lowest BCUT2D eigenvalue weighted by molar-refractivity contribution is 0.0519. The molecule has 0 spiro atoms. The maximum atomic E-state index is 13.8. The number of nitrogens with one attached hydrogen (secondary N) is 1. The molecule has 2 aromatic rings. The molecule has 19 heavy (non-hydrogen) atoms. The van der Waals surface area contributed by atoms with E-state index in [1.807, 2.05) is 0 Å². The molecule has 0 unspecified atom stereocenters. The number of hydrogen-bond acceptors (Lipinski definition) is 3. The summed E-state index contributed by atoms with van der Waals surface area (Å²) in [6, 6.07) is 5.54. The SMILES string of the molecule is CCOC(=O)c1cc(=O)n(-c2ccc(C)cc2F)[nH]1. The van der Waals surface area contributed by atoms with Gasteiger partial charge >= 0.3 is 5.97 Å². The zero-order valence-corrected chi connectivity index (χ0v) is 10.6. The van der Waals surface area contributed by atoms with Crippen LogP contribution in [0.15, 0.2) is 29.1 Å². The van der Waals surface area contributed by atoms with Gasteiger partial charge in [0.05, 0.1) is 6.61 Å². The van der Waals surface area contributed by atoms with Gasteiger partial charge in [-0.1, -0.05) is 6.07 Å². The van der Waals surface area contributed by atoms with E-state index >= 15 is 0 Å². The second-order valence-electron chi connectivity index (χ2n) is 4.02. The summed E-state index contributed by atoms with van der Waals surface area (Å²) in [6.45, 7) is 3.60. The van der Waals surface area contributed by atoms with Gasteiger partial charge in [0.2, 0.25) is 0 Å². The van der Waals surface area contributed by atoms with Crippen molar-refractivity contribution in [3.63, 3.8) is 0 Å². The van der Waals surface area contributed by atoms with E-state index in [-0.39, 0.29) is 18.0 Å². The van der Waals surface area contributed by atoms with E-state index in [0.29, 0.717) is 0 Å². The normalized spacial score (nSPS) is 10.5. The smallest absolute Gasteiger partial charge is 0.356 e. The van der Waals surface area contributed by atoms with E-state index in [1.165, 1.54) is 12.1 Å². The molecule has 1 heterocycles. The van der Waals surface area contributed by atoms with Crippen molar-refractivity contribution in [2.45, 2.75) is 13.8 Å². The van der Waals surface area contributed by atoms with Crippen LogP contribution in [0.5, 0.6) is 0 Å². The third-order valence-corrected chi connectivity index (χ3v) is 2.56. The van der Waals surface area contributed by atoms with Crippen LogP contribution in [-0.4, -0.2) is 22.4 Å². The lowest BCUT2D eigenvalue weighted by Crippen LogP contribution is -2.15. The van der Waals surface area contributed by atoms with Crippen LogP contribution in [-0.2, 0) is 4.74 Å². The molecule has 0 saturated carbocycles. The molecule has 0 radical (unpaired) electrons. The third-order valence-electron chi connectivity index (χ3n) is 2.56. The summed E-state index contributed by atoms with van der Waals surface area (Å²) in [4.78, 5) is 23.2. The number of H-pyrrole nitrogens is 1. The van der Waals surface area contributed by atoms with Crippen molar-refractivity contribution in [3.8, 4) is 5.69 Å². The van der Waals surface area contributed by atoms with Gasteiger partial charge in [0.15, 0.2) is 0 Å². The summed E-state index contributed by atoms with van der Waals surface area (Å²) in [7, 11) is 0. The van der Waals surface area contributed by atoms with E-state index in [2.05, 4.69) is 5.10 Å². The molecule has 0 bridgehead atoms. The summed E-state index contributed by atoms with van der Waals surface area (Å²) >= 11 is 0. The van der Waals surface area contributed by atoms with Crippen LogP contribution < -0.4 is 5.56 Å². The second-order valence-corrected chi connectivity index (χ2v) is 4.02. The molecule has 0 aliphatic rings. The van der Waals surface area contributed by atoms with E-state index in [4.69, 9.17) is 4.74 Å². The Balaban J connectivity index is 2.46. The number of ether oxygens (including phenoxy) is 1. The van der Waals surface area contributed by atoms with Crippen molar-refractivity contribution in [2.75, 3.05) is 6.61 Å². The molecule has 0 fully saturated rings. The summed E-state index contributed by atoms with van der Waals surface area (Å²) in [6.07, 6.45) is 0. The van der Waals surface area contributed by atoms with Gasteiger partial charge in [0.25, 0.3) is 5.56 Å². The van der Waals surface area contributed by atoms with Crippen LogP contribution in [0, 0.1) is 12.7 Å². The summed E-state index contributed by atoms with van der Waals surface area (Å²) < 4.78 is 19.5. The Hall–Kier alpha value is -2.37. The van der Waals surface area contributed by atoms with Gasteiger partial charge in [-0.2, -0.15) is 0 Å². The zero-order chi connectivity index (χ0) is 14.0. The number of hydrogen-bond donors (Lipinski definition) is 1. The Morgan fingerprint density at radius 3 is 2.79 bits per heavy atom. The Kier molecular flexibility index (Phi) is 3.50. The van der Waals surface area contributed by atoms with E-state index in [0.717, 1.165) is 16.3 Å². The fourth-order valence-corrected chi connectivity index (χ4v) is 1.68. The van der Waals surface area contributed by atoms with Crippen LogP contribution in [0.4, 0.5) is 4.39 Å². The Morgan fingerprint density at radius 2 is 2.16 bits per heavy atom. The minimum absolute atomic E-state index is 0.00757. The molecule has 100 valence electrons. The minimum atomic E-state index is -0.647. The molecule has 0 aliphatic carbocycles. The van der Waals surface area contributed by atoms with Crippen LogP contribution in [0.1, 0.15) is 23.0 Å². The van der Waals surface area contributed by atoms with Crippen molar-refractivity contribution in [3.05, 3.63) is 51.7 Å². The molecule has 0 saturated heterocycles. The van der Waals surface area contributed by atoms with Crippen LogP contribution in [0.2, 0.25) is 0 Å². The summed E-state index contributed by atoms with van der Waals surface area (Å²) in [5.41, 5.74) is 0.273. The number of carbonyl (C=O) groups is 1. The number of esters is 1. The lowest BCUT2D eigenvalue weighted by atomic mass is 10.2. The monoisotopic (exact) mass is 264 g/mol. The van der Waals surface area contributed by atoms with Gasteiger partial charge in [-0.3, -0.25) is 9.89 Å². The molecular formula is C13H13FN2O3. The predicted octanol–water partition coefficient (Wildman–Crippen LogP) is 1.79. The summed E-state index contributed by atoms with van der Waals surface area (Å²) in [5, 5.41) is 2.53. The molecule has 0 amide bonds. The molecule has 0 aliphatic heterocycles. The van der Waals surface area contributed by atoms with Crippen molar-refractivity contribution >= 4 is 5.97 Å². The van der Waals surface area contributed by atoms with E-state index in [1.54, 1.807) is 19.9 Å². The molecule has 6 heteroatoms. The number of benzene rings is 1. The van der Waals surface area contributed by atoms with Gasteiger partial charge in [0, 0.05) is 6.07 Å². The van der Waals surface area contributed by atoms with Crippen LogP contribution in [0.25, 0.3) is 5.69 Å². The first kappa shape index (κ1) is 13.1. The van der Waals surface area contributed by atoms with E-state index in [9.17, 15) is 14.0 Å². The largest absolute Gasteiger partial charge is 0.461 e. The number of aryl methyl sites for hydroxylation is 1. The fourth-order valence-electron chi connectivity index (χ4n) is 1.68. The van der Waals surface area contributed by atoms with Gasteiger partial charge < -0.3 is 4.74 Å². The fraction of sp³-hybridized carbons (Fsp3) is 0.231. The number of aromatic nitrogens is 2. The maximum Gasteiger partial charge on any atom is 0.356 e. The molecule has 0 atom stereocenters. The topological polar surface area (TPSA) is 64.1 Å². The van der Waals surface area contributed by atoms with Crippen LogP contribution >= 0.6 is 0 Å². The molecule has 5 nitrogen and oxygen atoms in total. The van der Waals surface area contributed by atoms with Gasteiger partial charge in [-0.25, -0.2) is 13.9 Å². The van der Waals surface area contributed by atoms with Crippen molar-refractivity contribution in [1.82, 2.24) is 9.78 Å². The number of nitrogens with zero attached hydrogens (tertiary/aromatic N) is 1. The highest BCUT2D eigenvalue weighted by Gasteiger charge is 2.14. The molecule has 2 rings (SSSR count). The standard InChI is InChI=1S/C13H13FN2O3/c1-3-19-13(18)10-7-12(17)16(15-10)11-5-4-8(2)6-9(11)14/h4-7,15H,3H2,1-2H3. The third kappa shape index (κ3) is 2.57. The highest BCUT2D eigenvalue weighted by atomic mass is 19.1. The average molecular weight is 264 g/mol. The maximum absolute atomic E-state index is 13.8. The summed E-state index contributed by atoms with van der Waals surface area (Å²) in [5.74, 6) is -1.19. The van der Waals surface area contributed by atoms with Gasteiger partial charge in [-0.15, -0.1) is 0 Å². The second kappa shape index (κ2) is 5.09. The highest BCUT2D eigenvalue weighted by molar-refractivity contribution is 5.87. The number of carbonyl (C=O) groups excluding carboxylic acids is 1. The first-order valence-corrected chi connectivity index (χ1v) is 5.78. The van der Waals surface area contributed by atoms with Crippen molar-refractivity contribution in [2.24, 2.45) is 0 Å². The quantitative estimate of drug-likeness (QED) is 0.859. The molecule has 1 aromatic carbocycles. The van der Waals surface area contributed by atoms with Gasteiger partial charge in [0.1, 0.15) is 17.2 Å². The minimum Gasteiger partial charge on any atom is -0.461 e. The first-order chi connectivity index (χ1) is 9.02. The number of rotatable bonds is 3. The lowest BCUT2D eigenvalue weighted by Gasteiger charge is -2.04. The van der Waals surface area contributed by atoms with Gasteiger partial charge in [-0.05, 0) is 31.5 Å². The van der Waals surface area contributed by atoms with Crippen molar-refractivity contribution in [1.29, 1.82) is 0 Å². The number of aromatic amines is 1. The Morgan fingerprint density at radius 1 is 1.42 bits per heavy atom. The van der Waals surface area contributed by atoms with E-state index < -0.39 is 17.3 Å². The molecule has 1 aromatic heterocycles. The highest BCUT2D eigenvalue weighted by Crippen LogP contribution is 2.12.